The Bertz CT molecular complexity index is 1330. The molecule has 0 radical (unpaired) electrons. The molecule has 0 bridgehead atoms. The summed E-state index contributed by atoms with van der Waals surface area (Å²) in [5, 5.41) is 3.06. The lowest BCUT2D eigenvalue weighted by Gasteiger charge is -2.24. The molecule has 1 N–H and O–H groups in total. The number of benzene rings is 3. The monoisotopic (exact) mass is 539 g/mol. The van der Waals surface area contributed by atoms with Crippen molar-refractivity contribution in [1.29, 1.82) is 0 Å². The fourth-order valence-electron chi connectivity index (χ4n) is 3.99. The lowest BCUT2D eigenvalue weighted by molar-refractivity contribution is -0.107. The van der Waals surface area contributed by atoms with Crippen LogP contribution in [0, 0.1) is 32.0 Å². The Labute approximate surface area is 240 Å². The van der Waals surface area contributed by atoms with Crippen LogP contribution < -0.4 is 5.32 Å². The molecule has 0 aliphatic rings. The molecule has 3 aromatic rings. The molecule has 0 saturated carbocycles. The van der Waals surface area contributed by atoms with Gasteiger partial charge in [0.15, 0.2) is 0 Å². The zero-order chi connectivity index (χ0) is 30.1. The van der Waals surface area contributed by atoms with Crippen molar-refractivity contribution in [2.75, 3.05) is 19.4 Å². The van der Waals surface area contributed by atoms with E-state index in [0.717, 1.165) is 45.5 Å². The van der Waals surface area contributed by atoms with Crippen LogP contribution in [0.1, 0.15) is 54.2 Å². The highest BCUT2D eigenvalue weighted by molar-refractivity contribution is 5.70. The number of aryl methyl sites for hydroxylation is 2. The molecule has 3 aromatic carbocycles. The number of nitrogens with zero attached hydrogens (tertiary/aromatic N) is 2. The highest BCUT2D eigenvalue weighted by atomic mass is 19.1. The van der Waals surface area contributed by atoms with E-state index in [1.807, 2.05) is 96.4 Å². The van der Waals surface area contributed by atoms with E-state index in [4.69, 9.17) is 6.42 Å². The minimum atomic E-state index is -0.333. The first kappa shape index (κ1) is 33.6. The normalized spacial score (nSPS) is 10.4. The average molecular weight is 540 g/mol. The minimum Gasteiger partial charge on any atom is -0.388 e. The summed E-state index contributed by atoms with van der Waals surface area (Å²) in [7, 11) is 3.83. The molecule has 210 valence electrons. The molecule has 0 saturated heterocycles. The summed E-state index contributed by atoms with van der Waals surface area (Å²) in [6.45, 7) is 14.1. The molecule has 4 nitrogen and oxygen atoms in total. The Kier molecular flexibility index (Phi) is 15.1. The fraction of sp³-hybridized carbons (Fsp3) is 0.257. The Hall–Kier alpha value is -4.43. The highest BCUT2D eigenvalue weighted by Gasteiger charge is 2.13. The van der Waals surface area contributed by atoms with Gasteiger partial charge in [-0.2, -0.15) is 0 Å². The third-order valence-corrected chi connectivity index (χ3v) is 5.87. The van der Waals surface area contributed by atoms with Crippen molar-refractivity contribution in [2.45, 2.75) is 47.6 Å². The predicted molar refractivity (Wildman–Crippen MR) is 171 cm³/mol. The summed E-state index contributed by atoms with van der Waals surface area (Å²) < 4.78 is 14.5. The molecule has 0 amide bonds. The van der Waals surface area contributed by atoms with Gasteiger partial charge in [-0.15, -0.1) is 6.42 Å². The summed E-state index contributed by atoms with van der Waals surface area (Å²) in [5.74, 6) is 2.28. The van der Waals surface area contributed by atoms with Gasteiger partial charge < -0.3 is 15.0 Å². The van der Waals surface area contributed by atoms with Gasteiger partial charge in [-0.25, -0.2) is 4.39 Å². The van der Waals surface area contributed by atoms with Crippen LogP contribution in [0.5, 0.6) is 0 Å². The van der Waals surface area contributed by atoms with Crippen LogP contribution in [0.15, 0.2) is 78.3 Å². The smallest absolute Gasteiger partial charge is 0.149 e. The Balaban J connectivity index is 0.000000477. The first-order chi connectivity index (χ1) is 19.3. The van der Waals surface area contributed by atoms with E-state index in [0.29, 0.717) is 18.7 Å². The van der Waals surface area contributed by atoms with E-state index >= 15 is 0 Å². The summed E-state index contributed by atoms with van der Waals surface area (Å²) in [6.07, 6.45) is 12.0. The minimum absolute atomic E-state index is 0.333. The third-order valence-electron chi connectivity index (χ3n) is 5.87. The maximum atomic E-state index is 14.5. The van der Waals surface area contributed by atoms with E-state index in [1.54, 1.807) is 19.2 Å². The number of carbonyl (C=O) groups is 1. The average Bonchev–Trinajstić information content (AvgIpc) is 2.96. The molecule has 3 rings (SSSR count). The number of hydrogen-bond acceptors (Lipinski definition) is 4. The van der Waals surface area contributed by atoms with Crippen molar-refractivity contribution in [3.05, 3.63) is 113 Å². The van der Waals surface area contributed by atoms with Crippen molar-refractivity contribution >= 4 is 29.6 Å². The third kappa shape index (κ3) is 10.0. The van der Waals surface area contributed by atoms with Crippen molar-refractivity contribution in [2.24, 2.45) is 4.99 Å². The summed E-state index contributed by atoms with van der Waals surface area (Å²) in [6, 6.07) is 17.3. The molecule has 0 aliphatic carbocycles. The zero-order valence-corrected chi connectivity index (χ0v) is 24.9. The van der Waals surface area contributed by atoms with E-state index in [-0.39, 0.29) is 5.82 Å². The summed E-state index contributed by atoms with van der Waals surface area (Å²) in [5.41, 5.74) is 8.11. The first-order valence-electron chi connectivity index (χ1n) is 13.4. The zero-order valence-electron chi connectivity index (χ0n) is 24.9. The van der Waals surface area contributed by atoms with Crippen LogP contribution in [0.25, 0.3) is 5.70 Å². The summed E-state index contributed by atoms with van der Waals surface area (Å²) in [4.78, 5) is 16.5. The van der Waals surface area contributed by atoms with E-state index in [9.17, 15) is 9.18 Å². The molecule has 0 heterocycles. The Morgan fingerprint density at radius 3 is 2.33 bits per heavy atom. The lowest BCUT2D eigenvalue weighted by atomic mass is 10.0. The maximum Gasteiger partial charge on any atom is 0.149 e. The molecule has 0 atom stereocenters. The quantitative estimate of drug-likeness (QED) is 0.129. The van der Waals surface area contributed by atoms with E-state index in [1.165, 1.54) is 11.6 Å². The second-order valence-corrected chi connectivity index (χ2v) is 8.78. The second kappa shape index (κ2) is 18.0. The number of terminal acetylenes is 1. The number of aliphatic imine (C=N–C) groups is 1. The van der Waals surface area contributed by atoms with Gasteiger partial charge in [0.1, 0.15) is 17.8 Å². The molecular formula is C35H42FN3O. The van der Waals surface area contributed by atoms with Gasteiger partial charge in [-0.05, 0) is 79.4 Å². The Morgan fingerprint density at radius 2 is 1.80 bits per heavy atom. The first-order valence-corrected chi connectivity index (χ1v) is 13.4. The number of hydrogen-bond donors (Lipinski definition) is 1. The molecule has 0 spiro atoms. The number of anilines is 1. The fourth-order valence-corrected chi connectivity index (χ4v) is 3.99. The van der Waals surface area contributed by atoms with Crippen LogP contribution >= 0.6 is 0 Å². The topological polar surface area (TPSA) is 44.7 Å². The van der Waals surface area contributed by atoms with Gasteiger partial charge in [0.2, 0.25) is 0 Å². The molecule has 0 unspecified atom stereocenters. The number of halogens is 1. The van der Waals surface area contributed by atoms with Crippen molar-refractivity contribution < 1.29 is 9.18 Å². The van der Waals surface area contributed by atoms with Gasteiger partial charge in [0, 0.05) is 55.8 Å². The SMILES string of the molecule is C#Cc1ccc(CN(C)/C(=C\C=C)c2cc(C)c(N=CC)c(F)c2)cc1.CC.CNc1cc(C)ccc1CC=O. The standard InChI is InChI=1S/C23H23FN2.C10H13NO.C2H6/c1-6-9-22(20-14-17(4)23(25-8-3)21(24)15-20)26(5)16-19-12-10-18(7-2)11-13-19;1-8-3-4-9(5-6-12)10(7-8)11-2;1-2/h2,6,8-15H,1,16H2,3-5H3;3-4,6-7,11H,5H2,1-2H3;1-2H3/b22-9-,25-8?;;. The predicted octanol–water partition coefficient (Wildman–Crippen LogP) is 8.30. The van der Waals surface area contributed by atoms with Crippen LogP contribution in [-0.4, -0.2) is 31.5 Å². The van der Waals surface area contributed by atoms with Gasteiger partial charge in [-0.3, -0.25) is 4.99 Å². The number of rotatable bonds is 9. The molecular weight excluding hydrogens is 497 g/mol. The van der Waals surface area contributed by atoms with Crippen LogP contribution in [-0.2, 0) is 17.8 Å². The van der Waals surface area contributed by atoms with Gasteiger partial charge in [-0.1, -0.05) is 56.7 Å². The Morgan fingerprint density at radius 1 is 1.12 bits per heavy atom. The number of aldehydes is 1. The molecule has 0 fully saturated rings. The number of allylic oxidation sites excluding steroid dienone is 2. The van der Waals surface area contributed by atoms with Gasteiger partial charge in [0.25, 0.3) is 0 Å². The largest absolute Gasteiger partial charge is 0.388 e. The lowest BCUT2D eigenvalue weighted by Crippen LogP contribution is -2.16. The van der Waals surface area contributed by atoms with Gasteiger partial charge >= 0.3 is 0 Å². The number of carbonyl (C=O) groups excluding carboxylic acids is 1. The molecule has 40 heavy (non-hydrogen) atoms. The molecule has 0 aromatic heterocycles. The van der Waals surface area contributed by atoms with Crippen LogP contribution in [0.4, 0.5) is 15.8 Å². The highest BCUT2D eigenvalue weighted by Crippen LogP contribution is 2.29. The van der Waals surface area contributed by atoms with Crippen LogP contribution in [0.3, 0.4) is 0 Å². The van der Waals surface area contributed by atoms with Crippen LogP contribution in [0.2, 0.25) is 0 Å². The second-order valence-electron chi connectivity index (χ2n) is 8.78. The molecule has 0 aliphatic heterocycles. The van der Waals surface area contributed by atoms with Crippen molar-refractivity contribution in [3.8, 4) is 12.3 Å². The van der Waals surface area contributed by atoms with Gasteiger partial charge in [0.05, 0.1) is 0 Å². The maximum absolute atomic E-state index is 14.5. The molecule has 5 heteroatoms. The van der Waals surface area contributed by atoms with Crippen molar-refractivity contribution in [1.82, 2.24) is 4.90 Å². The van der Waals surface area contributed by atoms with Crippen molar-refractivity contribution in [3.63, 3.8) is 0 Å². The summed E-state index contributed by atoms with van der Waals surface area (Å²) >= 11 is 0. The van der Waals surface area contributed by atoms with E-state index in [2.05, 4.69) is 27.7 Å². The number of nitrogens with one attached hydrogen (secondary N) is 1. The van der Waals surface area contributed by atoms with E-state index < -0.39 is 0 Å².